The molecule has 0 unspecified atom stereocenters. The second-order valence-corrected chi connectivity index (χ2v) is 4.71. The van der Waals surface area contributed by atoms with Gasteiger partial charge in [-0.15, -0.1) is 0 Å². The van der Waals surface area contributed by atoms with Crippen LogP contribution in [0.2, 0.25) is 5.02 Å². The first-order chi connectivity index (χ1) is 9.63. The lowest BCUT2D eigenvalue weighted by Gasteiger charge is -2.13. The number of ether oxygens (including phenoxy) is 2. The van der Waals surface area contributed by atoms with Crippen molar-refractivity contribution in [3.8, 4) is 11.5 Å². The summed E-state index contributed by atoms with van der Waals surface area (Å²) in [4.78, 5) is 0. The fourth-order valence-corrected chi connectivity index (χ4v) is 1.98. The maximum absolute atomic E-state index is 9.10. The van der Waals surface area contributed by atoms with E-state index in [9.17, 15) is 0 Å². The molecule has 0 aliphatic heterocycles. The highest BCUT2D eigenvalue weighted by Gasteiger charge is 2.07. The standard InChI is InChI=1S/C15H16ClNO3/c1-19-15-6-10(8-18)2-5-14(15)20-9-11-7-12(16)3-4-13(11)17/h2-7,18H,8-9,17H2,1H3. The molecule has 2 rings (SSSR count). The van der Waals surface area contributed by atoms with Crippen molar-refractivity contribution in [2.75, 3.05) is 12.8 Å². The lowest BCUT2D eigenvalue weighted by Crippen LogP contribution is -2.01. The van der Waals surface area contributed by atoms with Crippen LogP contribution in [0.3, 0.4) is 0 Å². The maximum atomic E-state index is 9.10. The predicted molar refractivity (Wildman–Crippen MR) is 79.1 cm³/mol. The third-order valence-electron chi connectivity index (χ3n) is 2.90. The quantitative estimate of drug-likeness (QED) is 0.832. The molecule has 0 bridgehead atoms. The van der Waals surface area contributed by atoms with Crippen molar-refractivity contribution in [3.05, 3.63) is 52.5 Å². The van der Waals surface area contributed by atoms with E-state index in [1.54, 1.807) is 43.5 Å². The van der Waals surface area contributed by atoms with Gasteiger partial charge in [0.25, 0.3) is 0 Å². The molecule has 0 aromatic heterocycles. The Kier molecular flexibility index (Phi) is 4.71. The van der Waals surface area contributed by atoms with E-state index in [2.05, 4.69) is 0 Å². The molecule has 0 radical (unpaired) electrons. The third-order valence-corrected chi connectivity index (χ3v) is 3.13. The Morgan fingerprint density at radius 1 is 1.15 bits per heavy atom. The summed E-state index contributed by atoms with van der Waals surface area (Å²) >= 11 is 5.93. The van der Waals surface area contributed by atoms with E-state index in [4.69, 9.17) is 31.9 Å². The molecule has 0 heterocycles. The molecule has 0 aliphatic rings. The summed E-state index contributed by atoms with van der Waals surface area (Å²) < 4.78 is 10.9. The smallest absolute Gasteiger partial charge is 0.161 e. The second kappa shape index (κ2) is 6.50. The van der Waals surface area contributed by atoms with Gasteiger partial charge in [-0.2, -0.15) is 0 Å². The zero-order chi connectivity index (χ0) is 14.5. The van der Waals surface area contributed by atoms with Gasteiger partial charge in [0.2, 0.25) is 0 Å². The van der Waals surface area contributed by atoms with Gasteiger partial charge in [-0.05, 0) is 35.9 Å². The van der Waals surface area contributed by atoms with Crippen LogP contribution in [-0.4, -0.2) is 12.2 Å². The molecule has 2 aromatic carbocycles. The molecule has 0 saturated heterocycles. The van der Waals surface area contributed by atoms with Gasteiger partial charge in [0.15, 0.2) is 11.5 Å². The van der Waals surface area contributed by atoms with Crippen LogP contribution in [0.4, 0.5) is 5.69 Å². The topological polar surface area (TPSA) is 64.7 Å². The molecule has 106 valence electrons. The van der Waals surface area contributed by atoms with E-state index in [0.717, 1.165) is 11.1 Å². The van der Waals surface area contributed by atoms with Crippen molar-refractivity contribution in [2.24, 2.45) is 0 Å². The molecular weight excluding hydrogens is 278 g/mol. The van der Waals surface area contributed by atoms with Crippen LogP contribution in [0, 0.1) is 0 Å². The average Bonchev–Trinajstić information content (AvgIpc) is 2.48. The molecule has 0 spiro atoms. The van der Waals surface area contributed by atoms with Crippen LogP contribution >= 0.6 is 11.6 Å². The van der Waals surface area contributed by atoms with Crippen LogP contribution in [-0.2, 0) is 13.2 Å². The molecule has 0 aliphatic carbocycles. The Morgan fingerprint density at radius 2 is 1.95 bits per heavy atom. The first kappa shape index (κ1) is 14.5. The zero-order valence-corrected chi connectivity index (χ0v) is 11.9. The number of rotatable bonds is 5. The van der Waals surface area contributed by atoms with Gasteiger partial charge in [-0.1, -0.05) is 17.7 Å². The summed E-state index contributed by atoms with van der Waals surface area (Å²) in [6.07, 6.45) is 0. The Hall–Kier alpha value is -1.91. The van der Waals surface area contributed by atoms with E-state index < -0.39 is 0 Å². The molecule has 5 heteroatoms. The number of anilines is 1. The molecule has 3 N–H and O–H groups in total. The van der Waals surface area contributed by atoms with Crippen molar-refractivity contribution in [2.45, 2.75) is 13.2 Å². The van der Waals surface area contributed by atoms with E-state index >= 15 is 0 Å². The number of aliphatic hydroxyl groups excluding tert-OH is 1. The van der Waals surface area contributed by atoms with Crippen LogP contribution in [0.15, 0.2) is 36.4 Å². The third kappa shape index (κ3) is 3.35. The number of methoxy groups -OCH3 is 1. The minimum Gasteiger partial charge on any atom is -0.493 e. The van der Waals surface area contributed by atoms with E-state index in [-0.39, 0.29) is 6.61 Å². The van der Waals surface area contributed by atoms with E-state index in [1.165, 1.54) is 0 Å². The lowest BCUT2D eigenvalue weighted by atomic mass is 10.2. The molecule has 4 nitrogen and oxygen atoms in total. The van der Waals surface area contributed by atoms with Gasteiger partial charge in [0, 0.05) is 16.3 Å². The average molecular weight is 294 g/mol. The second-order valence-electron chi connectivity index (χ2n) is 4.28. The molecule has 0 fully saturated rings. The monoisotopic (exact) mass is 293 g/mol. The Morgan fingerprint density at radius 3 is 2.65 bits per heavy atom. The highest BCUT2D eigenvalue weighted by Crippen LogP contribution is 2.29. The normalized spacial score (nSPS) is 10.3. The molecule has 20 heavy (non-hydrogen) atoms. The molecular formula is C15H16ClNO3. The van der Waals surface area contributed by atoms with Gasteiger partial charge >= 0.3 is 0 Å². The van der Waals surface area contributed by atoms with Crippen molar-refractivity contribution in [3.63, 3.8) is 0 Å². The molecule has 0 saturated carbocycles. The maximum Gasteiger partial charge on any atom is 0.161 e. The summed E-state index contributed by atoms with van der Waals surface area (Å²) in [5.74, 6) is 1.15. The summed E-state index contributed by atoms with van der Waals surface area (Å²) in [5.41, 5.74) is 8.06. The summed E-state index contributed by atoms with van der Waals surface area (Å²) in [7, 11) is 1.55. The number of nitrogen functional groups attached to an aromatic ring is 1. The predicted octanol–water partition coefficient (Wildman–Crippen LogP) is 3.00. The first-order valence-electron chi connectivity index (χ1n) is 6.08. The highest BCUT2D eigenvalue weighted by molar-refractivity contribution is 6.30. The number of hydrogen-bond acceptors (Lipinski definition) is 4. The Labute approximate surface area is 122 Å². The first-order valence-corrected chi connectivity index (χ1v) is 6.46. The molecule has 2 aromatic rings. The zero-order valence-electron chi connectivity index (χ0n) is 11.1. The van der Waals surface area contributed by atoms with Crippen molar-refractivity contribution in [1.82, 2.24) is 0 Å². The van der Waals surface area contributed by atoms with E-state index in [0.29, 0.717) is 28.8 Å². The molecule has 0 amide bonds. The van der Waals surface area contributed by atoms with Crippen LogP contribution < -0.4 is 15.2 Å². The van der Waals surface area contributed by atoms with Gasteiger partial charge in [-0.25, -0.2) is 0 Å². The van der Waals surface area contributed by atoms with Gasteiger partial charge in [0.05, 0.1) is 13.7 Å². The lowest BCUT2D eigenvalue weighted by molar-refractivity contribution is 0.274. The number of aliphatic hydroxyl groups is 1. The van der Waals surface area contributed by atoms with Gasteiger partial charge < -0.3 is 20.3 Å². The van der Waals surface area contributed by atoms with Gasteiger partial charge in [-0.3, -0.25) is 0 Å². The van der Waals surface area contributed by atoms with Crippen LogP contribution in [0.1, 0.15) is 11.1 Å². The summed E-state index contributed by atoms with van der Waals surface area (Å²) in [5, 5.41) is 9.71. The fraction of sp³-hybridized carbons (Fsp3) is 0.200. The number of hydrogen-bond donors (Lipinski definition) is 2. The minimum absolute atomic E-state index is 0.0438. The fourth-order valence-electron chi connectivity index (χ4n) is 1.78. The highest BCUT2D eigenvalue weighted by atomic mass is 35.5. The Balaban J connectivity index is 2.16. The number of nitrogens with two attached hydrogens (primary N) is 1. The summed E-state index contributed by atoms with van der Waals surface area (Å²) in [6.45, 7) is 0.249. The van der Waals surface area contributed by atoms with Crippen molar-refractivity contribution < 1.29 is 14.6 Å². The Bertz CT molecular complexity index is 602. The largest absolute Gasteiger partial charge is 0.493 e. The van der Waals surface area contributed by atoms with Crippen molar-refractivity contribution in [1.29, 1.82) is 0 Å². The van der Waals surface area contributed by atoms with Crippen molar-refractivity contribution >= 4 is 17.3 Å². The SMILES string of the molecule is COc1cc(CO)ccc1OCc1cc(Cl)ccc1N. The van der Waals surface area contributed by atoms with Crippen LogP contribution in [0.5, 0.6) is 11.5 Å². The number of halogens is 1. The summed E-state index contributed by atoms with van der Waals surface area (Å²) in [6, 6.07) is 10.5. The molecule has 0 atom stereocenters. The van der Waals surface area contributed by atoms with E-state index in [1.807, 2.05) is 0 Å². The van der Waals surface area contributed by atoms with Gasteiger partial charge in [0.1, 0.15) is 6.61 Å². The van der Waals surface area contributed by atoms with Crippen LogP contribution in [0.25, 0.3) is 0 Å². The number of benzene rings is 2. The minimum atomic E-state index is -0.0438.